The fraction of sp³-hybridized carbons (Fsp3) is 0.333. The Kier molecular flexibility index (Phi) is 4.00. The van der Waals surface area contributed by atoms with Gasteiger partial charge in [-0.25, -0.2) is 4.39 Å². The van der Waals surface area contributed by atoms with Crippen LogP contribution in [0.2, 0.25) is 0 Å². The lowest BCUT2D eigenvalue weighted by molar-refractivity contribution is 0.363. The van der Waals surface area contributed by atoms with Crippen LogP contribution in [0.3, 0.4) is 0 Å². The number of ether oxygens (including phenoxy) is 1. The topological polar surface area (TPSA) is 9.23 Å². The molecule has 2 heteroatoms. The van der Waals surface area contributed by atoms with Crippen LogP contribution in [0.25, 0.3) is 0 Å². The van der Waals surface area contributed by atoms with E-state index in [4.69, 9.17) is 11.2 Å². The molecule has 0 bridgehead atoms. The summed E-state index contributed by atoms with van der Waals surface area (Å²) >= 11 is 0. The van der Waals surface area contributed by atoms with E-state index in [0.717, 1.165) is 18.4 Å². The third-order valence-electron chi connectivity index (χ3n) is 1.86. The van der Waals surface area contributed by atoms with Crippen LogP contribution in [-0.2, 0) is 6.42 Å². The van der Waals surface area contributed by atoms with Gasteiger partial charge in [0.15, 0.2) is 0 Å². The molecule has 0 fully saturated rings. The third kappa shape index (κ3) is 2.77. The van der Waals surface area contributed by atoms with Gasteiger partial charge in [-0.1, -0.05) is 25.3 Å². The number of aryl methyl sites for hydroxylation is 1. The minimum Gasteiger partial charge on any atom is -0.481 e. The molecule has 0 saturated heterocycles. The molecule has 0 radical (unpaired) electrons. The van der Waals surface area contributed by atoms with Gasteiger partial charge < -0.3 is 4.74 Å². The van der Waals surface area contributed by atoms with E-state index in [-0.39, 0.29) is 12.4 Å². The first-order valence-electron chi connectivity index (χ1n) is 4.62. The number of hydrogen-bond acceptors (Lipinski definition) is 1. The lowest BCUT2D eigenvalue weighted by atomic mass is 10.1. The largest absolute Gasteiger partial charge is 0.481 e. The van der Waals surface area contributed by atoms with Gasteiger partial charge in [-0.3, -0.25) is 0 Å². The molecule has 0 aliphatic carbocycles. The highest BCUT2D eigenvalue weighted by Gasteiger charge is 2.03. The van der Waals surface area contributed by atoms with Crippen LogP contribution < -0.4 is 4.74 Å². The van der Waals surface area contributed by atoms with Crippen molar-refractivity contribution >= 4 is 0 Å². The molecule has 0 aliphatic rings. The molecule has 0 atom stereocenters. The quantitative estimate of drug-likeness (QED) is 0.666. The second-order valence-corrected chi connectivity index (χ2v) is 2.99. The van der Waals surface area contributed by atoms with Gasteiger partial charge in [0.05, 0.1) is 0 Å². The van der Waals surface area contributed by atoms with E-state index in [1.54, 1.807) is 6.07 Å². The molecule has 0 amide bonds. The summed E-state index contributed by atoms with van der Waals surface area (Å²) in [5, 5.41) is 0. The minimum absolute atomic E-state index is 0.181. The number of hydrogen-bond donors (Lipinski definition) is 0. The maximum Gasteiger partial charge on any atom is 0.148 e. The first kappa shape index (κ1) is 10.6. The van der Waals surface area contributed by atoms with E-state index >= 15 is 0 Å². The van der Waals surface area contributed by atoms with Crippen molar-refractivity contribution in [3.8, 4) is 18.1 Å². The lowest BCUT2D eigenvalue weighted by Crippen LogP contribution is -1.98. The first-order chi connectivity index (χ1) is 6.77. The van der Waals surface area contributed by atoms with Crippen molar-refractivity contribution in [3.05, 3.63) is 29.6 Å². The van der Waals surface area contributed by atoms with Gasteiger partial charge in [-0.15, -0.1) is 6.42 Å². The SMILES string of the molecule is C#CCOc1cc(F)ccc1CCC. The van der Waals surface area contributed by atoms with Crippen molar-refractivity contribution in [2.45, 2.75) is 19.8 Å². The number of rotatable bonds is 4. The Bertz CT molecular complexity index is 339. The molecular formula is C12H13FO. The van der Waals surface area contributed by atoms with Gasteiger partial charge in [0.2, 0.25) is 0 Å². The maximum absolute atomic E-state index is 12.9. The summed E-state index contributed by atoms with van der Waals surface area (Å²) in [6, 6.07) is 4.56. The zero-order valence-electron chi connectivity index (χ0n) is 8.22. The van der Waals surface area contributed by atoms with Crippen molar-refractivity contribution in [2.24, 2.45) is 0 Å². The smallest absolute Gasteiger partial charge is 0.148 e. The van der Waals surface area contributed by atoms with Gasteiger partial charge in [-0.05, 0) is 18.1 Å². The Morgan fingerprint density at radius 3 is 2.93 bits per heavy atom. The Morgan fingerprint density at radius 2 is 2.29 bits per heavy atom. The third-order valence-corrected chi connectivity index (χ3v) is 1.86. The number of halogens is 1. The maximum atomic E-state index is 12.9. The fourth-order valence-electron chi connectivity index (χ4n) is 1.26. The summed E-state index contributed by atoms with van der Waals surface area (Å²) in [6.07, 6.45) is 6.94. The zero-order valence-corrected chi connectivity index (χ0v) is 8.22. The average molecular weight is 192 g/mol. The zero-order chi connectivity index (χ0) is 10.4. The van der Waals surface area contributed by atoms with Crippen LogP contribution in [0.1, 0.15) is 18.9 Å². The first-order valence-corrected chi connectivity index (χ1v) is 4.62. The van der Waals surface area contributed by atoms with Gasteiger partial charge in [0.1, 0.15) is 18.2 Å². The monoisotopic (exact) mass is 192 g/mol. The average Bonchev–Trinajstić information content (AvgIpc) is 2.18. The number of terminal acetylenes is 1. The molecule has 0 aromatic heterocycles. The van der Waals surface area contributed by atoms with Crippen LogP contribution in [0.15, 0.2) is 18.2 Å². The normalized spacial score (nSPS) is 9.50. The van der Waals surface area contributed by atoms with Crippen LogP contribution in [0.5, 0.6) is 5.75 Å². The molecule has 0 spiro atoms. The molecule has 0 N–H and O–H groups in total. The van der Waals surface area contributed by atoms with E-state index in [9.17, 15) is 4.39 Å². The van der Waals surface area contributed by atoms with Crippen molar-refractivity contribution in [1.82, 2.24) is 0 Å². The van der Waals surface area contributed by atoms with E-state index in [2.05, 4.69) is 12.8 Å². The van der Waals surface area contributed by atoms with Crippen molar-refractivity contribution in [2.75, 3.05) is 6.61 Å². The van der Waals surface area contributed by atoms with Gasteiger partial charge in [0, 0.05) is 6.07 Å². The molecule has 0 saturated carbocycles. The second-order valence-electron chi connectivity index (χ2n) is 2.99. The molecule has 1 rings (SSSR count). The molecule has 1 aromatic carbocycles. The van der Waals surface area contributed by atoms with Gasteiger partial charge in [0.25, 0.3) is 0 Å². The second kappa shape index (κ2) is 5.29. The van der Waals surface area contributed by atoms with E-state index < -0.39 is 0 Å². The van der Waals surface area contributed by atoms with Crippen LogP contribution in [-0.4, -0.2) is 6.61 Å². The predicted octanol–water partition coefficient (Wildman–Crippen LogP) is 2.79. The summed E-state index contributed by atoms with van der Waals surface area (Å²) in [4.78, 5) is 0. The van der Waals surface area contributed by atoms with E-state index in [1.807, 2.05) is 0 Å². The number of benzene rings is 1. The molecule has 0 heterocycles. The Labute approximate surface area is 83.9 Å². The van der Waals surface area contributed by atoms with Crippen molar-refractivity contribution in [1.29, 1.82) is 0 Å². The molecule has 1 nitrogen and oxygen atoms in total. The Balaban J connectivity index is 2.86. The highest BCUT2D eigenvalue weighted by molar-refractivity contribution is 5.34. The van der Waals surface area contributed by atoms with E-state index in [0.29, 0.717) is 5.75 Å². The Hall–Kier alpha value is -1.49. The standard InChI is InChI=1S/C12H13FO/c1-3-5-10-6-7-11(13)9-12(10)14-8-4-2/h2,6-7,9H,3,5,8H2,1H3. The highest BCUT2D eigenvalue weighted by Crippen LogP contribution is 2.21. The molecule has 0 aliphatic heterocycles. The van der Waals surface area contributed by atoms with Crippen LogP contribution >= 0.6 is 0 Å². The summed E-state index contributed by atoms with van der Waals surface area (Å²) in [5.41, 5.74) is 1.00. The van der Waals surface area contributed by atoms with Crippen LogP contribution in [0.4, 0.5) is 4.39 Å². The van der Waals surface area contributed by atoms with Gasteiger partial charge >= 0.3 is 0 Å². The molecule has 14 heavy (non-hydrogen) atoms. The summed E-state index contributed by atoms with van der Waals surface area (Å²) in [7, 11) is 0. The molecule has 0 unspecified atom stereocenters. The summed E-state index contributed by atoms with van der Waals surface area (Å²) < 4.78 is 18.1. The Morgan fingerprint density at radius 1 is 1.50 bits per heavy atom. The van der Waals surface area contributed by atoms with E-state index in [1.165, 1.54) is 12.1 Å². The highest BCUT2D eigenvalue weighted by atomic mass is 19.1. The summed E-state index contributed by atoms with van der Waals surface area (Å²) in [6.45, 7) is 2.24. The van der Waals surface area contributed by atoms with Crippen LogP contribution in [0, 0.1) is 18.2 Å². The minimum atomic E-state index is -0.295. The predicted molar refractivity (Wildman–Crippen MR) is 54.7 cm³/mol. The van der Waals surface area contributed by atoms with Gasteiger partial charge in [-0.2, -0.15) is 0 Å². The molecule has 74 valence electrons. The lowest BCUT2D eigenvalue weighted by Gasteiger charge is -2.08. The molecule has 1 aromatic rings. The fourth-order valence-corrected chi connectivity index (χ4v) is 1.26. The molecular weight excluding hydrogens is 179 g/mol. The van der Waals surface area contributed by atoms with Crippen molar-refractivity contribution < 1.29 is 9.13 Å². The summed E-state index contributed by atoms with van der Waals surface area (Å²) in [5.74, 6) is 2.63. The van der Waals surface area contributed by atoms with Crippen molar-refractivity contribution in [3.63, 3.8) is 0 Å².